The highest BCUT2D eigenvalue weighted by Gasteiger charge is 2.21. The Morgan fingerprint density at radius 3 is 1.65 bits per heavy atom. The molecule has 0 amide bonds. The molecule has 4 nitrogen and oxygen atoms in total. The maximum atomic E-state index is 6.58. The topological polar surface area (TPSA) is 42.2 Å². The molecule has 0 atom stereocenters. The highest BCUT2D eigenvalue weighted by molar-refractivity contribution is 6.14. The molecule has 2 aromatic heterocycles. The summed E-state index contributed by atoms with van der Waals surface area (Å²) in [6, 6.07) is 69.6. The number of hydrogen-bond acceptors (Lipinski definition) is 4. The molecule has 10 aromatic rings. The first-order valence-corrected chi connectivity index (χ1v) is 18.2. The van der Waals surface area contributed by atoms with Gasteiger partial charge in [-0.3, -0.25) is 0 Å². The molecule has 54 heavy (non-hydrogen) atoms. The summed E-state index contributed by atoms with van der Waals surface area (Å²) in [4.78, 5) is 12.8. The van der Waals surface area contributed by atoms with Crippen molar-refractivity contribution < 1.29 is 4.42 Å². The lowest BCUT2D eigenvalue weighted by Crippen LogP contribution is -2.09. The fourth-order valence-electron chi connectivity index (χ4n) is 7.48. The molecule has 0 spiro atoms. The van der Waals surface area contributed by atoms with Crippen LogP contribution in [0.15, 0.2) is 205 Å². The van der Waals surface area contributed by atoms with Gasteiger partial charge in [0.25, 0.3) is 0 Å². The van der Waals surface area contributed by atoms with Gasteiger partial charge in [0.2, 0.25) is 0 Å². The lowest BCUT2D eigenvalue weighted by Gasteiger charge is -2.26. The molecule has 8 aromatic carbocycles. The van der Waals surface area contributed by atoms with E-state index in [-0.39, 0.29) is 0 Å². The van der Waals surface area contributed by atoms with Crippen LogP contribution in [0.2, 0.25) is 0 Å². The smallest absolute Gasteiger partial charge is 0.136 e. The predicted molar refractivity (Wildman–Crippen MR) is 223 cm³/mol. The van der Waals surface area contributed by atoms with Crippen LogP contribution in [0.25, 0.3) is 77.7 Å². The Hall–Kier alpha value is -7.30. The second kappa shape index (κ2) is 13.4. The summed E-state index contributed by atoms with van der Waals surface area (Å²) in [6.45, 7) is 0. The molecule has 10 rings (SSSR count). The quantitative estimate of drug-likeness (QED) is 0.167. The van der Waals surface area contributed by atoms with Gasteiger partial charge in [-0.05, 0) is 89.0 Å². The minimum Gasteiger partial charge on any atom is -0.456 e. The molecular formula is C50H33N3O. The van der Waals surface area contributed by atoms with E-state index < -0.39 is 0 Å². The molecule has 0 aliphatic heterocycles. The SMILES string of the molecule is c1ccc(-c2cccc(N(c3ccccc3)c3ccc(-c4cc(-c5nc6ccccc6nc5-c5ccccc5)c5c(c4)oc4ccccc45)cc3)c2)cc1. The summed E-state index contributed by atoms with van der Waals surface area (Å²) < 4.78 is 6.58. The van der Waals surface area contributed by atoms with E-state index in [1.54, 1.807) is 0 Å². The van der Waals surface area contributed by atoms with Crippen LogP contribution in [0.3, 0.4) is 0 Å². The normalized spacial score (nSPS) is 11.3. The van der Waals surface area contributed by atoms with E-state index >= 15 is 0 Å². The third kappa shape index (κ3) is 5.67. The van der Waals surface area contributed by atoms with Crippen LogP contribution in [-0.4, -0.2) is 9.97 Å². The Morgan fingerprint density at radius 1 is 0.352 bits per heavy atom. The number of aromatic nitrogens is 2. The average molecular weight is 692 g/mol. The van der Waals surface area contributed by atoms with Crippen LogP contribution in [0.4, 0.5) is 17.1 Å². The van der Waals surface area contributed by atoms with Gasteiger partial charge in [-0.2, -0.15) is 0 Å². The van der Waals surface area contributed by atoms with Crippen molar-refractivity contribution in [3.05, 3.63) is 200 Å². The maximum absolute atomic E-state index is 6.58. The van der Waals surface area contributed by atoms with Crippen LogP contribution in [0.1, 0.15) is 0 Å². The summed E-state index contributed by atoms with van der Waals surface area (Å²) in [7, 11) is 0. The van der Waals surface area contributed by atoms with Crippen LogP contribution in [0, 0.1) is 0 Å². The highest BCUT2D eigenvalue weighted by Crippen LogP contribution is 2.43. The third-order valence-electron chi connectivity index (χ3n) is 10.0. The number of anilines is 3. The number of furan rings is 1. The second-order valence-electron chi connectivity index (χ2n) is 13.4. The molecule has 0 saturated heterocycles. The molecule has 0 unspecified atom stereocenters. The first kappa shape index (κ1) is 31.4. The number of nitrogens with zero attached hydrogens (tertiary/aromatic N) is 3. The third-order valence-corrected chi connectivity index (χ3v) is 10.0. The Balaban J connectivity index is 1.14. The average Bonchev–Trinajstić information content (AvgIpc) is 3.63. The second-order valence-corrected chi connectivity index (χ2v) is 13.4. The molecule has 0 aliphatic carbocycles. The Bertz CT molecular complexity index is 2920. The van der Waals surface area contributed by atoms with Gasteiger partial charge in [0, 0.05) is 39.0 Å². The largest absolute Gasteiger partial charge is 0.456 e. The molecule has 0 N–H and O–H groups in total. The Kier molecular flexibility index (Phi) is 7.77. The number of para-hydroxylation sites is 4. The van der Waals surface area contributed by atoms with Crippen molar-refractivity contribution in [2.24, 2.45) is 0 Å². The summed E-state index contributed by atoms with van der Waals surface area (Å²) in [5.41, 5.74) is 14.7. The zero-order chi connectivity index (χ0) is 35.8. The Morgan fingerprint density at radius 2 is 0.907 bits per heavy atom. The molecular weight excluding hydrogens is 659 g/mol. The Labute approximate surface area is 313 Å². The van der Waals surface area contributed by atoms with E-state index in [0.29, 0.717) is 0 Å². The first-order valence-electron chi connectivity index (χ1n) is 18.2. The zero-order valence-corrected chi connectivity index (χ0v) is 29.3. The van der Waals surface area contributed by atoms with Crippen LogP contribution >= 0.6 is 0 Å². The molecule has 0 fully saturated rings. The van der Waals surface area contributed by atoms with E-state index in [0.717, 1.165) is 83.7 Å². The molecule has 0 aliphatic rings. The van der Waals surface area contributed by atoms with Crippen LogP contribution in [-0.2, 0) is 0 Å². The zero-order valence-electron chi connectivity index (χ0n) is 29.3. The number of fused-ring (bicyclic) bond motifs is 4. The summed E-state index contributed by atoms with van der Waals surface area (Å²) >= 11 is 0. The van der Waals surface area contributed by atoms with Crippen LogP contribution in [0.5, 0.6) is 0 Å². The van der Waals surface area contributed by atoms with Gasteiger partial charge in [0.05, 0.1) is 22.4 Å². The van der Waals surface area contributed by atoms with Gasteiger partial charge >= 0.3 is 0 Å². The van der Waals surface area contributed by atoms with Gasteiger partial charge in [0.1, 0.15) is 11.2 Å². The standard InChI is InChI=1S/C50H33N3O/c1-4-15-34(16-5-1)37-19-14-22-41(31-37)53(39-20-8-3-9-21-39)40-29-27-35(28-30-40)38-32-43(48-42-23-10-13-26-46(42)54-47(48)33-38)50-49(36-17-6-2-7-18-36)51-44-24-11-12-25-45(44)52-50/h1-33H. The van der Waals surface area contributed by atoms with E-state index in [1.165, 1.54) is 11.1 Å². The van der Waals surface area contributed by atoms with Crippen molar-refractivity contribution in [1.82, 2.24) is 9.97 Å². The maximum Gasteiger partial charge on any atom is 0.136 e. The van der Waals surface area contributed by atoms with E-state index in [9.17, 15) is 0 Å². The van der Waals surface area contributed by atoms with Gasteiger partial charge < -0.3 is 9.32 Å². The molecule has 0 radical (unpaired) electrons. The summed E-state index contributed by atoms with van der Waals surface area (Å²) in [6.07, 6.45) is 0. The molecule has 254 valence electrons. The van der Waals surface area contributed by atoms with Crippen LogP contribution < -0.4 is 4.90 Å². The number of benzene rings is 8. The van der Waals surface area contributed by atoms with Gasteiger partial charge in [-0.25, -0.2) is 9.97 Å². The van der Waals surface area contributed by atoms with Crippen molar-refractivity contribution in [3.63, 3.8) is 0 Å². The highest BCUT2D eigenvalue weighted by atomic mass is 16.3. The fourth-order valence-corrected chi connectivity index (χ4v) is 7.48. The minimum atomic E-state index is 0.811. The molecule has 2 heterocycles. The van der Waals surface area contributed by atoms with Crippen molar-refractivity contribution in [2.45, 2.75) is 0 Å². The number of hydrogen-bond donors (Lipinski definition) is 0. The van der Waals surface area contributed by atoms with Crippen molar-refractivity contribution in [1.29, 1.82) is 0 Å². The van der Waals surface area contributed by atoms with E-state index in [4.69, 9.17) is 14.4 Å². The fraction of sp³-hybridized carbons (Fsp3) is 0. The first-order chi connectivity index (χ1) is 26.8. The summed E-state index contributed by atoms with van der Waals surface area (Å²) in [5.74, 6) is 0. The molecule has 0 saturated carbocycles. The molecule has 0 bridgehead atoms. The van der Waals surface area contributed by atoms with Crippen molar-refractivity contribution in [2.75, 3.05) is 4.90 Å². The van der Waals surface area contributed by atoms with E-state index in [2.05, 4.69) is 150 Å². The minimum absolute atomic E-state index is 0.811. The lowest BCUT2D eigenvalue weighted by molar-refractivity contribution is 0.669. The van der Waals surface area contributed by atoms with Gasteiger partial charge in [0.15, 0.2) is 0 Å². The lowest BCUT2D eigenvalue weighted by atomic mass is 9.94. The predicted octanol–water partition coefficient (Wildman–Crippen LogP) is 13.7. The van der Waals surface area contributed by atoms with Gasteiger partial charge in [-0.1, -0.05) is 133 Å². The molecule has 4 heteroatoms. The van der Waals surface area contributed by atoms with Gasteiger partial charge in [-0.15, -0.1) is 0 Å². The van der Waals surface area contributed by atoms with E-state index in [1.807, 2.05) is 54.6 Å². The number of rotatable bonds is 7. The monoisotopic (exact) mass is 691 g/mol. The van der Waals surface area contributed by atoms with Crippen molar-refractivity contribution in [3.8, 4) is 44.8 Å². The summed E-state index contributed by atoms with van der Waals surface area (Å²) in [5, 5.41) is 2.08. The van der Waals surface area contributed by atoms with Crippen molar-refractivity contribution >= 4 is 50.0 Å².